The number of imidazole rings is 2. The van der Waals surface area contributed by atoms with E-state index in [0.29, 0.717) is 0 Å². The summed E-state index contributed by atoms with van der Waals surface area (Å²) in [7, 11) is -8.72. The molecule has 2 N–H and O–H groups in total. The van der Waals surface area contributed by atoms with Crippen molar-refractivity contribution >= 4 is 54.4 Å². The zero-order valence-electron chi connectivity index (χ0n) is 31.5. The predicted molar refractivity (Wildman–Crippen MR) is 190 cm³/mol. The van der Waals surface area contributed by atoms with Gasteiger partial charge in [0.1, 0.15) is 11.6 Å². The van der Waals surface area contributed by atoms with Gasteiger partial charge in [-0.1, -0.05) is 12.1 Å². The molecule has 0 spiro atoms. The van der Waals surface area contributed by atoms with E-state index in [4.69, 9.17) is 49.1 Å². The van der Waals surface area contributed by atoms with Crippen LogP contribution in [0.2, 0.25) is 0 Å². The first-order chi connectivity index (χ1) is 27.3. The summed E-state index contributed by atoms with van der Waals surface area (Å²) >= 11 is 0. The molecule has 0 saturated heterocycles. The van der Waals surface area contributed by atoms with Crippen LogP contribution in [0.4, 0.5) is 51.1 Å². The van der Waals surface area contributed by atoms with E-state index in [-0.39, 0.29) is 37.3 Å². The van der Waals surface area contributed by atoms with Crippen LogP contribution < -0.4 is 10.0 Å². The quantitative estimate of drug-likeness (QED) is 0.0916. The van der Waals surface area contributed by atoms with Crippen molar-refractivity contribution in [2.24, 2.45) is 24.3 Å². The number of hydrazone groups is 2. The topological polar surface area (TPSA) is 305 Å². The molecule has 0 aliphatic heterocycles. The van der Waals surface area contributed by atoms with E-state index < -0.39 is 46.9 Å². The number of aliphatic hydroxyl groups excluding tert-OH is 2. The number of nitrogens with zero attached hydrogens (tertiary/aromatic N) is 10. The number of hydrogen-bond donors (Lipinski definition) is 2. The summed E-state index contributed by atoms with van der Waals surface area (Å²) in [6.45, 7) is 0. The fraction of sp³-hybridized carbons (Fsp3) is 0.333. The summed E-state index contributed by atoms with van der Waals surface area (Å²) < 4.78 is 181. The molecule has 0 amide bonds. The molecule has 4 aromatic heterocycles. The van der Waals surface area contributed by atoms with Crippen LogP contribution in [0.1, 0.15) is 11.6 Å². The van der Waals surface area contributed by atoms with Gasteiger partial charge in [0, 0.05) is 79.6 Å². The fourth-order valence-corrected chi connectivity index (χ4v) is 2.49. The zero-order chi connectivity index (χ0) is 47.8. The molecule has 351 valence electrons. The SMILES string of the molecule is CN(/N=C/c1nccn1C)c1ccccn1.CN(/N=C/c1nccn1C)c1ccccn1.CO.CO.O=S(=O)([O-])C(F)(F)F.O=S(=O)([O-])C(F)(F)F.O=S(=O)([O-])C(F)(F)F.[Er+3]. The van der Waals surface area contributed by atoms with Crippen molar-refractivity contribution in [3.8, 4) is 0 Å². The molecule has 4 heterocycles. The Labute approximate surface area is 371 Å². The minimum atomic E-state index is -6.09. The van der Waals surface area contributed by atoms with E-state index in [0.717, 1.165) is 37.5 Å². The molecule has 21 nitrogen and oxygen atoms in total. The van der Waals surface area contributed by atoms with Gasteiger partial charge in [-0.05, 0) is 24.3 Å². The molecule has 4 aromatic rings. The number of hydrogen-bond acceptors (Lipinski definition) is 19. The summed E-state index contributed by atoms with van der Waals surface area (Å²) in [6.07, 6.45) is 14.1. The minimum absolute atomic E-state index is 0. The van der Waals surface area contributed by atoms with Gasteiger partial charge in [0.25, 0.3) is 0 Å². The number of alkyl halides is 9. The van der Waals surface area contributed by atoms with Gasteiger partial charge in [0.05, 0.1) is 12.4 Å². The Morgan fingerprint density at radius 3 is 0.967 bits per heavy atom. The number of aromatic nitrogens is 6. The van der Waals surface area contributed by atoms with Gasteiger partial charge >= 0.3 is 53.8 Å². The first-order valence-electron chi connectivity index (χ1n) is 14.6. The Kier molecular flexibility index (Phi) is 30.5. The summed E-state index contributed by atoms with van der Waals surface area (Å²) in [5.74, 6) is 3.21. The summed E-state index contributed by atoms with van der Waals surface area (Å²) in [5, 5.41) is 25.9. The molecule has 61 heavy (non-hydrogen) atoms. The third-order valence-electron chi connectivity index (χ3n) is 5.22. The molecule has 0 saturated carbocycles. The molecule has 0 aliphatic carbocycles. The molecule has 0 atom stereocenters. The van der Waals surface area contributed by atoms with Crippen molar-refractivity contribution in [3.05, 3.63) is 85.2 Å². The Morgan fingerprint density at radius 2 is 0.803 bits per heavy atom. The Balaban J connectivity index is -0.000000338. The van der Waals surface area contributed by atoms with Crippen molar-refractivity contribution in [1.82, 2.24) is 29.1 Å². The van der Waals surface area contributed by atoms with Crippen LogP contribution in [-0.2, 0) is 44.4 Å². The van der Waals surface area contributed by atoms with Crippen molar-refractivity contribution < 1.29 is 126 Å². The van der Waals surface area contributed by atoms with Gasteiger partial charge in [-0.2, -0.15) is 49.7 Å². The van der Waals surface area contributed by atoms with Gasteiger partial charge < -0.3 is 33.0 Å². The van der Waals surface area contributed by atoms with Crippen LogP contribution in [0.3, 0.4) is 0 Å². The predicted octanol–water partition coefficient (Wildman–Crippen LogP) is 1.94. The third kappa shape index (κ3) is 27.5. The number of aliphatic hydroxyl groups is 2. The van der Waals surface area contributed by atoms with E-state index in [9.17, 15) is 39.5 Å². The largest absolute Gasteiger partial charge is 3.00 e. The van der Waals surface area contributed by atoms with Crippen LogP contribution in [0, 0.1) is 37.3 Å². The number of rotatable bonds is 6. The molecule has 0 bridgehead atoms. The maximum atomic E-state index is 10.7. The maximum absolute atomic E-state index is 10.7. The van der Waals surface area contributed by atoms with E-state index >= 15 is 0 Å². The van der Waals surface area contributed by atoms with Crippen molar-refractivity contribution in [2.45, 2.75) is 16.5 Å². The monoisotopic (exact) mass is 1110 g/mol. The molecular weight excluding hydrogens is 1070 g/mol. The third-order valence-corrected chi connectivity index (χ3v) is 6.92. The van der Waals surface area contributed by atoms with Gasteiger partial charge in [-0.3, -0.25) is 10.0 Å². The number of pyridine rings is 2. The molecule has 1 radical (unpaired) electrons. The summed E-state index contributed by atoms with van der Waals surface area (Å²) in [6, 6.07) is 11.4. The van der Waals surface area contributed by atoms with E-state index in [1.807, 2.05) is 86.1 Å². The molecular formula is C27H34ErF9N10O11S3. The van der Waals surface area contributed by atoms with Crippen LogP contribution in [0.15, 0.2) is 83.8 Å². The van der Waals surface area contributed by atoms with Crippen LogP contribution >= 0.6 is 0 Å². The van der Waals surface area contributed by atoms with Crippen molar-refractivity contribution in [3.63, 3.8) is 0 Å². The molecule has 0 aliphatic rings. The minimum Gasteiger partial charge on any atom is -0.741 e. The fourth-order valence-electron chi connectivity index (χ4n) is 2.49. The first kappa shape index (κ1) is 63.6. The number of halogens is 9. The number of aryl methyl sites for hydroxylation is 2. The van der Waals surface area contributed by atoms with Crippen LogP contribution in [0.25, 0.3) is 0 Å². The summed E-state index contributed by atoms with van der Waals surface area (Å²) in [5.41, 5.74) is -16.9. The molecule has 0 unspecified atom stereocenters. The Morgan fingerprint density at radius 1 is 0.557 bits per heavy atom. The van der Waals surface area contributed by atoms with E-state index in [1.54, 1.807) is 47.2 Å². The zero-order valence-corrected chi connectivity index (χ0v) is 35.8. The number of anilines is 2. The Hall–Kier alpha value is -4.07. The van der Waals surface area contributed by atoms with Crippen molar-refractivity contribution in [1.29, 1.82) is 0 Å². The molecule has 0 aromatic carbocycles. The van der Waals surface area contributed by atoms with Crippen molar-refractivity contribution in [2.75, 3.05) is 38.3 Å². The van der Waals surface area contributed by atoms with Gasteiger partial charge in [-0.25, -0.2) is 45.2 Å². The van der Waals surface area contributed by atoms with Crippen LogP contribution in [0.5, 0.6) is 0 Å². The summed E-state index contributed by atoms with van der Waals surface area (Å²) in [4.78, 5) is 16.7. The first-order valence-corrected chi connectivity index (χ1v) is 18.8. The van der Waals surface area contributed by atoms with E-state index in [2.05, 4.69) is 30.1 Å². The molecule has 4 rings (SSSR count). The molecule has 0 fully saturated rings. The second-order valence-electron chi connectivity index (χ2n) is 9.40. The standard InChI is InChI=1S/2C11H13N5.3CHF3O3S.2CH4O.Er/c2*1-15-8-7-13-11(15)9-14-16(2)10-5-3-4-6-12-10;3*2-1(3,4)8(5,6)7;2*1-2;/h2*3-9H,1-2H3;3*(H,5,6,7);2*2H,1H3;/q;;;;;;;+3/p-3/b2*14-9+;;;;;;. The van der Waals surface area contributed by atoms with E-state index in [1.165, 1.54) is 0 Å². The molecule has 34 heteroatoms. The smallest absolute Gasteiger partial charge is 0.741 e. The van der Waals surface area contributed by atoms with Gasteiger partial charge in [0.2, 0.25) is 0 Å². The maximum Gasteiger partial charge on any atom is 3.00 e. The normalized spacial score (nSPS) is 11.4. The average Bonchev–Trinajstić information content (AvgIpc) is 3.76. The van der Waals surface area contributed by atoms with Gasteiger partial charge in [-0.15, -0.1) is 0 Å². The Bertz CT molecular complexity index is 1990. The second-order valence-corrected chi connectivity index (χ2v) is 13.5. The van der Waals surface area contributed by atoms with Crippen LogP contribution in [-0.4, -0.2) is 135 Å². The second kappa shape index (κ2) is 29.3. The average molecular weight is 1110 g/mol. The van der Waals surface area contributed by atoms with Gasteiger partial charge in [0.15, 0.2) is 42.0 Å².